The second kappa shape index (κ2) is 5.56. The topological polar surface area (TPSA) is 86.4 Å². The van der Waals surface area contributed by atoms with E-state index < -0.39 is 24.6 Å². The fourth-order valence-electron chi connectivity index (χ4n) is 1.06. The van der Waals surface area contributed by atoms with Crippen molar-refractivity contribution in [2.45, 2.75) is 19.6 Å². The SMILES string of the molecule is Cc1noc(=O)n1CCNC(=O)OCC(F)(F)F. The van der Waals surface area contributed by atoms with Gasteiger partial charge in [-0.3, -0.25) is 9.09 Å². The fourth-order valence-corrected chi connectivity index (χ4v) is 1.06. The lowest BCUT2D eigenvalue weighted by Crippen LogP contribution is -2.32. The average molecular weight is 269 g/mol. The third-order valence-corrected chi connectivity index (χ3v) is 1.84. The smallest absolute Gasteiger partial charge is 0.440 e. The zero-order chi connectivity index (χ0) is 13.8. The van der Waals surface area contributed by atoms with Crippen molar-refractivity contribution in [3.63, 3.8) is 0 Å². The van der Waals surface area contributed by atoms with Crippen LogP contribution in [0.5, 0.6) is 0 Å². The molecule has 0 saturated heterocycles. The second-order valence-corrected chi connectivity index (χ2v) is 3.27. The molecule has 0 aliphatic carbocycles. The van der Waals surface area contributed by atoms with Gasteiger partial charge in [0.15, 0.2) is 12.4 Å². The summed E-state index contributed by atoms with van der Waals surface area (Å²) in [5.41, 5.74) is 0. The lowest BCUT2D eigenvalue weighted by atomic mass is 10.5. The normalized spacial score (nSPS) is 11.3. The van der Waals surface area contributed by atoms with Crippen molar-refractivity contribution in [1.29, 1.82) is 0 Å². The Kier molecular flexibility index (Phi) is 4.34. The molecule has 18 heavy (non-hydrogen) atoms. The van der Waals surface area contributed by atoms with Crippen molar-refractivity contribution in [2.24, 2.45) is 0 Å². The number of carbonyl (C=O) groups is 1. The van der Waals surface area contributed by atoms with Gasteiger partial charge in [-0.2, -0.15) is 13.2 Å². The van der Waals surface area contributed by atoms with Gasteiger partial charge in [-0.15, -0.1) is 0 Å². The number of rotatable bonds is 4. The molecule has 102 valence electrons. The predicted molar refractivity (Wildman–Crippen MR) is 50.9 cm³/mol. The van der Waals surface area contributed by atoms with E-state index in [0.717, 1.165) is 4.57 Å². The Hall–Kier alpha value is -2.00. The van der Waals surface area contributed by atoms with Gasteiger partial charge in [0.25, 0.3) is 0 Å². The molecule has 1 N–H and O–H groups in total. The number of hydrogen-bond donors (Lipinski definition) is 1. The van der Waals surface area contributed by atoms with Gasteiger partial charge in [0.2, 0.25) is 0 Å². The highest BCUT2D eigenvalue weighted by molar-refractivity contribution is 5.67. The molecule has 10 heteroatoms. The zero-order valence-electron chi connectivity index (χ0n) is 9.28. The molecule has 0 aliphatic heterocycles. The van der Waals surface area contributed by atoms with Gasteiger partial charge in [0.1, 0.15) is 0 Å². The second-order valence-electron chi connectivity index (χ2n) is 3.27. The number of nitrogens with one attached hydrogen (secondary N) is 1. The summed E-state index contributed by atoms with van der Waals surface area (Å²) >= 11 is 0. The Morgan fingerprint density at radius 1 is 1.56 bits per heavy atom. The summed E-state index contributed by atoms with van der Waals surface area (Å²) < 4.78 is 44.4. The number of carbonyl (C=O) groups excluding carboxylic acids is 1. The first-order chi connectivity index (χ1) is 8.29. The maximum atomic E-state index is 11.7. The molecule has 0 bridgehead atoms. The molecule has 7 nitrogen and oxygen atoms in total. The molecule has 1 amide bonds. The number of nitrogens with zero attached hydrogens (tertiary/aromatic N) is 2. The van der Waals surface area contributed by atoms with Gasteiger partial charge in [0.05, 0.1) is 0 Å². The van der Waals surface area contributed by atoms with E-state index in [1.165, 1.54) is 6.92 Å². The third-order valence-electron chi connectivity index (χ3n) is 1.84. The summed E-state index contributed by atoms with van der Waals surface area (Å²) in [6, 6.07) is 0. The highest BCUT2D eigenvalue weighted by Crippen LogP contribution is 2.14. The van der Waals surface area contributed by atoms with Crippen LogP contribution in [0.4, 0.5) is 18.0 Å². The number of alkyl carbamates (subject to hydrolysis) is 1. The van der Waals surface area contributed by atoms with Crippen LogP contribution in [0.25, 0.3) is 0 Å². The highest BCUT2D eigenvalue weighted by Gasteiger charge is 2.29. The maximum Gasteiger partial charge on any atom is 0.441 e. The highest BCUT2D eigenvalue weighted by atomic mass is 19.4. The Morgan fingerprint density at radius 3 is 2.72 bits per heavy atom. The number of aryl methyl sites for hydroxylation is 1. The fraction of sp³-hybridized carbons (Fsp3) is 0.625. The molecular weight excluding hydrogens is 259 g/mol. The van der Waals surface area contributed by atoms with Crippen LogP contribution in [-0.4, -0.2) is 35.1 Å². The minimum Gasteiger partial charge on any atom is -0.440 e. The third kappa shape index (κ3) is 4.47. The largest absolute Gasteiger partial charge is 0.441 e. The predicted octanol–water partition coefficient (Wildman–Crippen LogP) is 0.433. The number of ether oxygens (including phenoxy) is 1. The number of amides is 1. The van der Waals surface area contributed by atoms with Gasteiger partial charge in [-0.1, -0.05) is 5.16 Å². The van der Waals surface area contributed by atoms with Crippen molar-refractivity contribution < 1.29 is 27.2 Å². The van der Waals surface area contributed by atoms with E-state index in [1.54, 1.807) is 0 Å². The summed E-state index contributed by atoms with van der Waals surface area (Å²) in [5, 5.41) is 5.42. The first-order valence-corrected chi connectivity index (χ1v) is 4.80. The zero-order valence-corrected chi connectivity index (χ0v) is 9.28. The summed E-state index contributed by atoms with van der Waals surface area (Å²) in [4.78, 5) is 21.8. The van der Waals surface area contributed by atoms with E-state index in [1.807, 2.05) is 0 Å². The Balaban J connectivity index is 2.30. The van der Waals surface area contributed by atoms with E-state index >= 15 is 0 Å². The molecule has 0 spiro atoms. The molecule has 1 heterocycles. The molecule has 0 saturated carbocycles. The van der Waals surface area contributed by atoms with Crippen molar-refractivity contribution in [3.05, 3.63) is 16.4 Å². The van der Waals surface area contributed by atoms with Gasteiger partial charge >= 0.3 is 18.0 Å². The molecule has 0 aromatic carbocycles. The molecule has 1 aromatic heterocycles. The first kappa shape index (κ1) is 14.1. The minimum absolute atomic E-state index is 0.0231. The lowest BCUT2D eigenvalue weighted by Gasteiger charge is -2.09. The lowest BCUT2D eigenvalue weighted by molar-refractivity contribution is -0.160. The van der Waals surface area contributed by atoms with Gasteiger partial charge in [-0.05, 0) is 6.92 Å². The average Bonchev–Trinajstić information content (AvgIpc) is 2.57. The standard InChI is InChI=1S/C8H10F3N3O4/c1-5-13-18-7(16)14(5)3-2-12-6(15)17-4-8(9,10)11/h2-4H2,1H3,(H,12,15). The number of halogens is 3. The van der Waals surface area contributed by atoms with E-state index in [4.69, 9.17) is 0 Å². The minimum atomic E-state index is -4.57. The van der Waals surface area contributed by atoms with Crippen LogP contribution in [0.1, 0.15) is 5.82 Å². The summed E-state index contributed by atoms with van der Waals surface area (Å²) in [6.45, 7) is -0.216. The van der Waals surface area contributed by atoms with Crippen molar-refractivity contribution in [3.8, 4) is 0 Å². The van der Waals surface area contributed by atoms with Crippen LogP contribution in [0, 0.1) is 6.92 Å². The van der Waals surface area contributed by atoms with Crippen LogP contribution in [0.2, 0.25) is 0 Å². The van der Waals surface area contributed by atoms with Crippen molar-refractivity contribution in [2.75, 3.05) is 13.2 Å². The molecule has 1 rings (SSSR count). The summed E-state index contributed by atoms with van der Waals surface area (Å²) in [5.74, 6) is -0.414. The number of alkyl halides is 3. The van der Waals surface area contributed by atoms with Crippen LogP contribution in [-0.2, 0) is 11.3 Å². The summed E-state index contributed by atoms with van der Waals surface area (Å²) in [7, 11) is 0. The first-order valence-electron chi connectivity index (χ1n) is 4.80. The molecule has 0 atom stereocenters. The molecule has 0 aliphatic rings. The van der Waals surface area contributed by atoms with Crippen molar-refractivity contribution in [1.82, 2.24) is 15.0 Å². The van der Waals surface area contributed by atoms with Crippen LogP contribution in [0.3, 0.4) is 0 Å². The van der Waals surface area contributed by atoms with E-state index in [0.29, 0.717) is 5.82 Å². The number of aromatic nitrogens is 2. The molecular formula is C8H10F3N3O4. The number of hydrogen-bond acceptors (Lipinski definition) is 5. The monoisotopic (exact) mass is 269 g/mol. The quantitative estimate of drug-likeness (QED) is 0.856. The van der Waals surface area contributed by atoms with E-state index in [-0.39, 0.29) is 13.1 Å². The molecule has 0 fully saturated rings. The van der Waals surface area contributed by atoms with Gasteiger partial charge < -0.3 is 10.1 Å². The van der Waals surface area contributed by atoms with Crippen LogP contribution < -0.4 is 11.1 Å². The van der Waals surface area contributed by atoms with Crippen molar-refractivity contribution >= 4 is 6.09 Å². The maximum absolute atomic E-state index is 11.7. The van der Waals surface area contributed by atoms with Crippen LogP contribution in [0.15, 0.2) is 9.32 Å². The summed E-state index contributed by atoms with van der Waals surface area (Å²) in [6.07, 6.45) is -5.78. The Bertz CT molecular complexity index is 465. The molecule has 0 unspecified atom stereocenters. The molecule has 0 radical (unpaired) electrons. The van der Waals surface area contributed by atoms with Gasteiger partial charge in [0, 0.05) is 13.1 Å². The Labute approximate surface area is 98.5 Å². The Morgan fingerprint density at radius 2 is 2.22 bits per heavy atom. The van der Waals surface area contributed by atoms with E-state index in [2.05, 4.69) is 19.7 Å². The van der Waals surface area contributed by atoms with Crippen LogP contribution >= 0.6 is 0 Å². The molecule has 1 aromatic rings. The van der Waals surface area contributed by atoms with Gasteiger partial charge in [-0.25, -0.2) is 9.59 Å². The van der Waals surface area contributed by atoms with E-state index in [9.17, 15) is 22.8 Å².